The lowest BCUT2D eigenvalue weighted by Crippen LogP contribution is -2.24. The molecule has 0 heterocycles. The number of ether oxygens (including phenoxy) is 1. The van der Waals surface area contributed by atoms with Crippen LogP contribution >= 0.6 is 47.8 Å². The first kappa shape index (κ1) is 21.5. The lowest BCUT2D eigenvalue weighted by molar-refractivity contribution is -0.150. The minimum absolute atomic E-state index is 0.0315. The molecule has 0 amide bonds. The smallest absolute Gasteiger partial charge is 0.332 e. The molecule has 0 aliphatic carbocycles. The molecule has 0 bridgehead atoms. The van der Waals surface area contributed by atoms with Crippen molar-refractivity contribution in [2.75, 3.05) is 7.11 Å². The maximum atomic E-state index is 11.5. The maximum absolute atomic E-state index is 11.5. The van der Waals surface area contributed by atoms with Crippen LogP contribution in [0.1, 0.15) is 12.0 Å². The van der Waals surface area contributed by atoms with Gasteiger partial charge in [-0.15, -0.1) is 0 Å². The van der Waals surface area contributed by atoms with Crippen LogP contribution in [-0.4, -0.2) is 45.4 Å². The number of carbonyl (C=O) groups excluding carboxylic acids is 1. The van der Waals surface area contributed by atoms with Crippen LogP contribution in [0.15, 0.2) is 19.0 Å². The number of carboxylic acids is 2. The van der Waals surface area contributed by atoms with Crippen LogP contribution in [0.2, 0.25) is 0 Å². The summed E-state index contributed by atoms with van der Waals surface area (Å²) in [5.41, 5.74) is -0.563. The van der Waals surface area contributed by atoms with Gasteiger partial charge in [-0.25, -0.2) is 4.79 Å². The highest BCUT2D eigenvalue weighted by atomic mass is 79.9. The van der Waals surface area contributed by atoms with Crippen LogP contribution in [0, 0.1) is 5.92 Å². The topological polar surface area (TPSA) is 141 Å². The van der Waals surface area contributed by atoms with Crippen LogP contribution < -0.4 is 0 Å². The molecule has 0 fully saturated rings. The predicted molar refractivity (Wildman–Crippen MR) is 96.2 cm³/mol. The van der Waals surface area contributed by atoms with E-state index in [1.807, 2.05) is 0 Å². The van der Waals surface area contributed by atoms with Crippen molar-refractivity contribution in [1.82, 2.24) is 0 Å². The molecule has 1 rings (SSSR count). The summed E-state index contributed by atoms with van der Waals surface area (Å²) < 4.78 is 4.52. The molecule has 0 unspecified atom stereocenters. The number of rotatable bonds is 6. The Morgan fingerprint density at radius 1 is 1.04 bits per heavy atom. The average molecular weight is 547 g/mol. The van der Waals surface area contributed by atoms with Crippen molar-refractivity contribution >= 4 is 71.8 Å². The van der Waals surface area contributed by atoms with Gasteiger partial charge >= 0.3 is 17.9 Å². The fourth-order valence-corrected chi connectivity index (χ4v) is 3.50. The van der Waals surface area contributed by atoms with E-state index < -0.39 is 47.3 Å². The first-order chi connectivity index (χ1) is 11.5. The van der Waals surface area contributed by atoms with Crippen LogP contribution in [-0.2, 0) is 19.1 Å². The Bertz CT molecular complexity index is 743. The van der Waals surface area contributed by atoms with Crippen molar-refractivity contribution in [2.24, 2.45) is 5.92 Å². The van der Waals surface area contributed by atoms with Gasteiger partial charge in [-0.3, -0.25) is 9.59 Å². The molecule has 0 saturated carbocycles. The van der Waals surface area contributed by atoms with Crippen LogP contribution in [0.4, 0.5) is 0 Å². The summed E-state index contributed by atoms with van der Waals surface area (Å²) in [7, 11) is 1.05. The number of carbonyl (C=O) groups is 3. The van der Waals surface area contributed by atoms with Gasteiger partial charge in [0, 0.05) is 10.0 Å². The number of halogens is 3. The number of hydrogen-bond acceptors (Lipinski definition) is 6. The molecular formula is C14H11Br3O8. The number of aliphatic carboxylic acids is 2. The summed E-state index contributed by atoms with van der Waals surface area (Å²) in [6.07, 6.45) is 0.284. The lowest BCUT2D eigenvalue weighted by Gasteiger charge is -2.15. The van der Waals surface area contributed by atoms with Crippen molar-refractivity contribution < 1.29 is 39.5 Å². The Kier molecular flexibility index (Phi) is 7.44. The second kappa shape index (κ2) is 8.68. The van der Waals surface area contributed by atoms with Crippen molar-refractivity contribution in [1.29, 1.82) is 0 Å². The zero-order valence-electron chi connectivity index (χ0n) is 12.4. The number of methoxy groups -OCH3 is 1. The number of esters is 1. The number of benzene rings is 1. The maximum Gasteiger partial charge on any atom is 0.332 e. The van der Waals surface area contributed by atoms with Gasteiger partial charge in [-0.05, 0) is 53.9 Å². The third-order valence-electron chi connectivity index (χ3n) is 3.12. The molecule has 0 aromatic heterocycles. The molecule has 0 aliphatic rings. The second-order valence-electron chi connectivity index (χ2n) is 4.63. The van der Waals surface area contributed by atoms with Gasteiger partial charge in [0.15, 0.2) is 11.5 Å². The number of phenols is 2. The van der Waals surface area contributed by atoms with E-state index in [1.165, 1.54) is 0 Å². The van der Waals surface area contributed by atoms with Crippen molar-refractivity contribution in [2.45, 2.75) is 6.42 Å². The van der Waals surface area contributed by atoms with Gasteiger partial charge < -0.3 is 25.2 Å². The zero-order valence-corrected chi connectivity index (χ0v) is 17.2. The standard InChI is InChI=1S/C14H11Br3O8/c1-25-7(18)3-5(14(23)24)4(13(21)22)2-6-8(15)10(17)12(20)11(19)9(6)16/h2,5,19-20H,3H2,1H3,(H,21,22)(H,23,24)/b4-2+/t5-/m0/s1. The minimum atomic E-state index is -1.68. The van der Waals surface area contributed by atoms with Gasteiger partial charge in [-0.2, -0.15) is 0 Å². The lowest BCUT2D eigenvalue weighted by atomic mass is 9.93. The summed E-state index contributed by atoms with van der Waals surface area (Å²) in [5, 5.41) is 38.2. The fourth-order valence-electron chi connectivity index (χ4n) is 1.83. The molecule has 1 aromatic carbocycles. The van der Waals surface area contributed by atoms with E-state index in [0.717, 1.165) is 13.2 Å². The molecule has 1 aromatic rings. The van der Waals surface area contributed by atoms with E-state index >= 15 is 0 Å². The first-order valence-corrected chi connectivity index (χ1v) is 8.73. The van der Waals surface area contributed by atoms with Gasteiger partial charge in [0.2, 0.25) is 0 Å². The van der Waals surface area contributed by atoms with E-state index in [2.05, 4.69) is 52.5 Å². The summed E-state index contributed by atoms with van der Waals surface area (Å²) in [6.45, 7) is 0. The Balaban J connectivity index is 3.62. The van der Waals surface area contributed by atoms with Crippen molar-refractivity contribution in [3.63, 3.8) is 0 Å². The molecule has 0 saturated heterocycles. The van der Waals surface area contributed by atoms with Crippen molar-refractivity contribution in [3.8, 4) is 11.5 Å². The number of aromatic hydroxyl groups is 2. The minimum Gasteiger partial charge on any atom is -0.503 e. The highest BCUT2D eigenvalue weighted by Crippen LogP contribution is 2.47. The Hall–Kier alpha value is -1.59. The van der Waals surface area contributed by atoms with Crippen molar-refractivity contribution in [3.05, 3.63) is 24.6 Å². The van der Waals surface area contributed by atoms with E-state index in [0.29, 0.717) is 0 Å². The molecule has 11 heteroatoms. The fraction of sp³-hybridized carbons (Fsp3) is 0.214. The van der Waals surface area contributed by atoms with E-state index in [1.54, 1.807) is 0 Å². The van der Waals surface area contributed by atoms with Gasteiger partial charge in [-0.1, -0.05) is 0 Å². The van der Waals surface area contributed by atoms with Gasteiger partial charge in [0.25, 0.3) is 0 Å². The summed E-state index contributed by atoms with van der Waals surface area (Å²) in [6, 6.07) is 0. The molecule has 25 heavy (non-hydrogen) atoms. The zero-order chi connectivity index (χ0) is 19.5. The highest BCUT2D eigenvalue weighted by Gasteiger charge is 2.31. The molecular weight excluding hydrogens is 536 g/mol. The molecule has 4 N–H and O–H groups in total. The molecule has 8 nitrogen and oxygen atoms in total. The predicted octanol–water partition coefficient (Wildman–Crippen LogP) is 3.12. The van der Waals surface area contributed by atoms with E-state index in [-0.39, 0.29) is 19.0 Å². The Labute approximate surface area is 166 Å². The summed E-state index contributed by atoms with van der Waals surface area (Å²) in [4.78, 5) is 34.3. The third kappa shape index (κ3) is 4.73. The van der Waals surface area contributed by atoms with E-state index in [9.17, 15) is 34.8 Å². The monoisotopic (exact) mass is 544 g/mol. The Morgan fingerprint density at radius 2 is 1.56 bits per heavy atom. The van der Waals surface area contributed by atoms with Gasteiger partial charge in [0.1, 0.15) is 0 Å². The summed E-state index contributed by atoms with van der Waals surface area (Å²) in [5.74, 6) is -6.76. The molecule has 136 valence electrons. The molecule has 0 radical (unpaired) electrons. The van der Waals surface area contributed by atoms with Crippen LogP contribution in [0.3, 0.4) is 0 Å². The average Bonchev–Trinajstić information content (AvgIpc) is 2.56. The number of carboxylic acid groups (broad SMARTS) is 2. The normalized spacial score (nSPS) is 12.6. The summed E-state index contributed by atoms with van der Waals surface area (Å²) >= 11 is 9.14. The van der Waals surface area contributed by atoms with Crippen LogP contribution in [0.25, 0.3) is 6.08 Å². The SMILES string of the molecule is COC(=O)C[C@H](C(=O)O)/C(=C\c1c(Br)c(O)c(O)c(Br)c1Br)C(=O)O. The number of phenolic OH excluding ortho intramolecular Hbond substituents is 2. The Morgan fingerprint density at radius 3 is 2.00 bits per heavy atom. The van der Waals surface area contributed by atoms with Crippen LogP contribution in [0.5, 0.6) is 11.5 Å². The molecule has 1 atom stereocenters. The quantitative estimate of drug-likeness (QED) is 0.185. The molecule has 0 spiro atoms. The third-order valence-corrected chi connectivity index (χ3v) is 6.06. The largest absolute Gasteiger partial charge is 0.503 e. The highest BCUT2D eigenvalue weighted by molar-refractivity contribution is 9.13. The second-order valence-corrected chi connectivity index (χ2v) is 7.01. The number of hydrogen-bond donors (Lipinski definition) is 4. The molecule has 0 aliphatic heterocycles. The van der Waals surface area contributed by atoms with E-state index in [4.69, 9.17) is 0 Å². The van der Waals surface area contributed by atoms with Gasteiger partial charge in [0.05, 0.1) is 34.0 Å². The first-order valence-electron chi connectivity index (χ1n) is 6.35.